The molecule has 0 saturated carbocycles. The second kappa shape index (κ2) is 9.07. The van der Waals surface area contributed by atoms with Crippen molar-refractivity contribution in [2.45, 2.75) is 6.54 Å². The summed E-state index contributed by atoms with van der Waals surface area (Å²) in [6, 6.07) is 15.4. The van der Waals surface area contributed by atoms with Gasteiger partial charge in [-0.25, -0.2) is 5.48 Å². The summed E-state index contributed by atoms with van der Waals surface area (Å²) in [4.78, 5) is 26.4. The molecule has 7 heteroatoms. The molecule has 2 aromatic rings. The molecule has 3 rings (SSSR count). The van der Waals surface area contributed by atoms with Crippen LogP contribution in [0.3, 0.4) is 0 Å². The van der Waals surface area contributed by atoms with Crippen molar-refractivity contribution in [3.8, 4) is 0 Å². The summed E-state index contributed by atoms with van der Waals surface area (Å²) in [6.45, 7) is 4.55. The van der Waals surface area contributed by atoms with Crippen molar-refractivity contribution in [2.75, 3.05) is 31.1 Å². The minimum atomic E-state index is -0.550. The predicted octanol–water partition coefficient (Wildman–Crippen LogP) is 2.93. The zero-order valence-corrected chi connectivity index (χ0v) is 14.9. The van der Waals surface area contributed by atoms with Crippen LogP contribution < -0.4 is 10.4 Å². The quantitative estimate of drug-likeness (QED) is 0.355. The SMILES string of the molecule is O=Nc1cccc(N2CCN(Cc3ccc(C=CC(=O)NO)cc3)CC2)c1. The lowest BCUT2D eigenvalue weighted by atomic mass is 10.1. The molecule has 1 saturated heterocycles. The van der Waals surface area contributed by atoms with Gasteiger partial charge in [-0.2, -0.15) is 0 Å². The third-order valence-corrected chi connectivity index (χ3v) is 4.60. The molecule has 0 spiro atoms. The van der Waals surface area contributed by atoms with Crippen molar-refractivity contribution in [1.82, 2.24) is 10.4 Å². The lowest BCUT2D eigenvalue weighted by Crippen LogP contribution is -2.45. The van der Waals surface area contributed by atoms with Crippen LogP contribution in [0, 0.1) is 4.91 Å². The molecule has 0 unspecified atom stereocenters. The summed E-state index contributed by atoms with van der Waals surface area (Å²) in [5, 5.41) is 11.5. The summed E-state index contributed by atoms with van der Waals surface area (Å²) in [7, 11) is 0. The smallest absolute Gasteiger partial charge is 0.267 e. The summed E-state index contributed by atoms with van der Waals surface area (Å²) in [5.41, 5.74) is 5.17. The van der Waals surface area contributed by atoms with Crippen LogP contribution in [0.4, 0.5) is 11.4 Å². The molecule has 7 nitrogen and oxygen atoms in total. The number of carbonyl (C=O) groups excluding carboxylic acids is 1. The van der Waals surface area contributed by atoms with E-state index in [4.69, 9.17) is 5.21 Å². The molecule has 0 radical (unpaired) electrons. The highest BCUT2D eigenvalue weighted by Crippen LogP contribution is 2.23. The van der Waals surface area contributed by atoms with E-state index in [0.717, 1.165) is 44.0 Å². The number of nitrogens with one attached hydrogen (secondary N) is 1. The number of rotatable bonds is 6. The van der Waals surface area contributed by atoms with Crippen LogP contribution in [-0.4, -0.2) is 42.2 Å². The van der Waals surface area contributed by atoms with Gasteiger partial charge >= 0.3 is 0 Å². The van der Waals surface area contributed by atoms with Crippen LogP contribution in [0.15, 0.2) is 59.8 Å². The Morgan fingerprint density at radius 2 is 1.85 bits per heavy atom. The number of nitrogens with zero attached hydrogens (tertiary/aromatic N) is 3. The molecule has 1 amide bonds. The van der Waals surface area contributed by atoms with Gasteiger partial charge in [0.15, 0.2) is 0 Å². The maximum atomic E-state index is 11.0. The highest BCUT2D eigenvalue weighted by molar-refractivity contribution is 5.90. The van der Waals surface area contributed by atoms with Gasteiger partial charge in [-0.05, 0) is 40.6 Å². The molecular formula is C20H22N4O3. The average molecular weight is 366 g/mol. The zero-order valence-electron chi connectivity index (χ0n) is 14.9. The number of hydrogen-bond donors (Lipinski definition) is 2. The number of carbonyl (C=O) groups is 1. The van der Waals surface area contributed by atoms with Crippen molar-refractivity contribution >= 4 is 23.4 Å². The molecule has 2 N–H and O–H groups in total. The Morgan fingerprint density at radius 3 is 2.52 bits per heavy atom. The number of benzene rings is 2. The minimum Gasteiger partial charge on any atom is -0.369 e. The van der Waals surface area contributed by atoms with Gasteiger partial charge < -0.3 is 4.90 Å². The van der Waals surface area contributed by atoms with E-state index in [1.165, 1.54) is 11.6 Å². The molecule has 1 aliphatic rings. The Balaban J connectivity index is 1.52. The van der Waals surface area contributed by atoms with E-state index in [1.807, 2.05) is 42.5 Å². The second-order valence-electron chi connectivity index (χ2n) is 6.43. The topological polar surface area (TPSA) is 85.2 Å². The lowest BCUT2D eigenvalue weighted by Gasteiger charge is -2.36. The lowest BCUT2D eigenvalue weighted by molar-refractivity contribution is -0.124. The molecule has 1 aliphatic heterocycles. The Morgan fingerprint density at radius 1 is 1.11 bits per heavy atom. The van der Waals surface area contributed by atoms with Crippen LogP contribution in [0.25, 0.3) is 6.08 Å². The molecule has 27 heavy (non-hydrogen) atoms. The number of nitroso groups, excluding NO2 is 1. The third kappa shape index (κ3) is 5.22. The molecule has 140 valence electrons. The highest BCUT2D eigenvalue weighted by Gasteiger charge is 2.17. The van der Waals surface area contributed by atoms with Crippen molar-refractivity contribution in [2.24, 2.45) is 5.18 Å². The van der Waals surface area contributed by atoms with E-state index in [-0.39, 0.29) is 0 Å². The fourth-order valence-electron chi connectivity index (χ4n) is 3.11. The van der Waals surface area contributed by atoms with Gasteiger partial charge in [-0.3, -0.25) is 14.9 Å². The van der Waals surface area contributed by atoms with Gasteiger partial charge in [0.05, 0.1) is 0 Å². The second-order valence-corrected chi connectivity index (χ2v) is 6.43. The van der Waals surface area contributed by atoms with Gasteiger partial charge in [0.2, 0.25) is 0 Å². The number of hydrogen-bond acceptors (Lipinski definition) is 6. The van der Waals surface area contributed by atoms with E-state index in [9.17, 15) is 9.70 Å². The van der Waals surface area contributed by atoms with Crippen molar-refractivity contribution in [1.29, 1.82) is 0 Å². The molecule has 2 aromatic carbocycles. The first kappa shape index (κ1) is 18.8. The fourth-order valence-corrected chi connectivity index (χ4v) is 3.11. The molecule has 0 aliphatic carbocycles. The van der Waals surface area contributed by atoms with E-state index >= 15 is 0 Å². The molecule has 0 bridgehead atoms. The minimum absolute atomic E-state index is 0.459. The van der Waals surface area contributed by atoms with E-state index in [2.05, 4.69) is 15.0 Å². The Bertz CT molecular complexity index is 812. The van der Waals surface area contributed by atoms with Gasteiger partial charge in [-0.1, -0.05) is 30.3 Å². The van der Waals surface area contributed by atoms with Crippen molar-refractivity contribution in [3.05, 3.63) is 70.6 Å². The summed E-state index contributed by atoms with van der Waals surface area (Å²) < 4.78 is 0. The number of hydroxylamine groups is 1. The first-order chi connectivity index (χ1) is 13.2. The Labute approximate surface area is 157 Å². The van der Waals surface area contributed by atoms with E-state index in [0.29, 0.717) is 5.69 Å². The standard InChI is InChI=1S/C20H22N4O3/c25-20(22-27)9-8-16-4-6-17(7-5-16)15-23-10-12-24(13-11-23)19-3-1-2-18(14-19)21-26/h1-9,14,27H,10-13,15H2,(H,22,25). The van der Waals surface area contributed by atoms with E-state index < -0.39 is 5.91 Å². The number of anilines is 1. The van der Waals surface area contributed by atoms with Gasteiger partial charge in [0.1, 0.15) is 5.69 Å². The van der Waals surface area contributed by atoms with Gasteiger partial charge in [0, 0.05) is 44.5 Å². The largest absolute Gasteiger partial charge is 0.369 e. The van der Waals surface area contributed by atoms with E-state index in [1.54, 1.807) is 17.6 Å². The molecule has 1 heterocycles. The maximum absolute atomic E-state index is 11.0. The Kier molecular flexibility index (Phi) is 6.30. The molecular weight excluding hydrogens is 344 g/mol. The van der Waals surface area contributed by atoms with Crippen LogP contribution in [-0.2, 0) is 11.3 Å². The summed E-state index contributed by atoms with van der Waals surface area (Å²) >= 11 is 0. The van der Waals surface area contributed by atoms with Crippen LogP contribution in [0.2, 0.25) is 0 Å². The first-order valence-electron chi connectivity index (χ1n) is 8.80. The molecule has 0 atom stereocenters. The van der Waals surface area contributed by atoms with Crippen LogP contribution in [0.5, 0.6) is 0 Å². The zero-order chi connectivity index (χ0) is 19.1. The fraction of sp³-hybridized carbons (Fsp3) is 0.250. The average Bonchev–Trinajstić information content (AvgIpc) is 2.73. The van der Waals surface area contributed by atoms with Gasteiger partial charge in [0.25, 0.3) is 5.91 Å². The normalized spacial score (nSPS) is 15.1. The Hall–Kier alpha value is -3.03. The maximum Gasteiger partial charge on any atom is 0.267 e. The highest BCUT2D eigenvalue weighted by atomic mass is 16.5. The summed E-state index contributed by atoms with van der Waals surface area (Å²) in [6.07, 6.45) is 2.93. The molecule has 1 fully saturated rings. The van der Waals surface area contributed by atoms with Crippen LogP contribution in [0.1, 0.15) is 11.1 Å². The number of amides is 1. The third-order valence-electron chi connectivity index (χ3n) is 4.60. The predicted molar refractivity (Wildman–Crippen MR) is 105 cm³/mol. The first-order valence-corrected chi connectivity index (χ1v) is 8.80. The monoisotopic (exact) mass is 366 g/mol. The van der Waals surface area contributed by atoms with Gasteiger partial charge in [-0.15, -0.1) is 4.91 Å². The summed E-state index contributed by atoms with van der Waals surface area (Å²) in [5.74, 6) is -0.550. The number of piperazine rings is 1. The van der Waals surface area contributed by atoms with Crippen molar-refractivity contribution < 1.29 is 10.0 Å². The molecule has 0 aromatic heterocycles. The van der Waals surface area contributed by atoms with Crippen molar-refractivity contribution in [3.63, 3.8) is 0 Å². The van der Waals surface area contributed by atoms with Crippen LogP contribution >= 0.6 is 0 Å².